The van der Waals surface area contributed by atoms with E-state index in [4.69, 9.17) is 16.3 Å². The predicted molar refractivity (Wildman–Crippen MR) is 101 cm³/mol. The number of hydrogen-bond acceptors (Lipinski definition) is 3. The molecule has 0 aliphatic heterocycles. The van der Waals surface area contributed by atoms with Crippen molar-refractivity contribution in [1.29, 1.82) is 0 Å². The van der Waals surface area contributed by atoms with Crippen molar-refractivity contribution in [3.05, 3.63) is 82.6 Å². The summed E-state index contributed by atoms with van der Waals surface area (Å²) < 4.78 is 20.6. The highest BCUT2D eigenvalue weighted by Crippen LogP contribution is 2.25. The summed E-state index contributed by atoms with van der Waals surface area (Å²) in [4.78, 5) is 16.8. The Balaban J connectivity index is 1.75. The number of hydrogen-bond donors (Lipinski definition) is 1. The van der Waals surface area contributed by atoms with Crippen molar-refractivity contribution in [1.82, 2.24) is 14.9 Å². The number of aromatic nitrogens is 2. The van der Waals surface area contributed by atoms with Gasteiger partial charge in [0, 0.05) is 19.4 Å². The third kappa shape index (κ3) is 4.65. The number of carbonyl (C=O) groups excluding carboxylic acids is 1. The molecule has 0 unspecified atom stereocenters. The van der Waals surface area contributed by atoms with Crippen LogP contribution in [0.2, 0.25) is 5.02 Å². The van der Waals surface area contributed by atoms with E-state index in [1.807, 2.05) is 20.0 Å². The summed E-state index contributed by atoms with van der Waals surface area (Å²) in [7, 11) is 1.83. The predicted octanol–water partition coefficient (Wildman–Crippen LogP) is 3.81. The van der Waals surface area contributed by atoms with E-state index >= 15 is 0 Å². The molecule has 140 valence electrons. The van der Waals surface area contributed by atoms with Gasteiger partial charge in [-0.3, -0.25) is 4.79 Å². The molecule has 1 aromatic heterocycles. The molecule has 0 fully saturated rings. The quantitative estimate of drug-likeness (QED) is 0.699. The van der Waals surface area contributed by atoms with E-state index in [1.54, 1.807) is 41.2 Å². The van der Waals surface area contributed by atoms with Gasteiger partial charge in [0.15, 0.2) is 6.61 Å². The van der Waals surface area contributed by atoms with Gasteiger partial charge in [-0.25, -0.2) is 9.37 Å². The fourth-order valence-electron chi connectivity index (χ4n) is 2.67. The maximum Gasteiger partial charge on any atom is 0.258 e. The molecule has 0 aliphatic rings. The summed E-state index contributed by atoms with van der Waals surface area (Å²) >= 11 is 6.09. The Kier molecular flexibility index (Phi) is 5.76. The molecule has 0 aliphatic carbocycles. The monoisotopic (exact) mass is 387 g/mol. The summed E-state index contributed by atoms with van der Waals surface area (Å²) in [6.45, 7) is 1.71. The number of aryl methyl sites for hydroxylation is 2. The number of rotatable bonds is 6. The number of amides is 1. The maximum atomic E-state index is 13.3. The van der Waals surface area contributed by atoms with Gasteiger partial charge in [-0.1, -0.05) is 29.8 Å². The molecule has 27 heavy (non-hydrogen) atoms. The molecule has 0 bridgehead atoms. The summed E-state index contributed by atoms with van der Waals surface area (Å²) in [6.07, 6.45) is 3.42. The van der Waals surface area contributed by atoms with Gasteiger partial charge in [-0.2, -0.15) is 0 Å². The standard InChI is InChI=1S/C20H19ClFN3O2/c1-13-3-8-16(21)17(11-13)27-12-18(26)24-19(20-23-9-10-25(20)2)14-4-6-15(22)7-5-14/h3-11,19H,12H2,1-2H3,(H,24,26)/t19-/m1/s1. The number of imidazole rings is 1. The molecule has 0 saturated heterocycles. The first kappa shape index (κ1) is 18.9. The van der Waals surface area contributed by atoms with Crippen molar-refractivity contribution in [3.8, 4) is 5.75 Å². The zero-order chi connectivity index (χ0) is 19.4. The summed E-state index contributed by atoms with van der Waals surface area (Å²) in [5, 5.41) is 3.33. The van der Waals surface area contributed by atoms with Crippen LogP contribution in [-0.4, -0.2) is 22.1 Å². The van der Waals surface area contributed by atoms with Crippen LogP contribution in [0.4, 0.5) is 4.39 Å². The number of carbonyl (C=O) groups is 1. The van der Waals surface area contributed by atoms with Gasteiger partial charge in [0.2, 0.25) is 0 Å². The Morgan fingerprint density at radius 3 is 2.70 bits per heavy atom. The molecule has 0 spiro atoms. The van der Waals surface area contributed by atoms with Crippen LogP contribution >= 0.6 is 11.6 Å². The van der Waals surface area contributed by atoms with Gasteiger partial charge in [-0.15, -0.1) is 0 Å². The molecule has 2 aromatic carbocycles. The van der Waals surface area contributed by atoms with Crippen LogP contribution in [0.15, 0.2) is 54.9 Å². The summed E-state index contributed by atoms with van der Waals surface area (Å²) in [5.74, 6) is 0.386. The first-order valence-electron chi connectivity index (χ1n) is 8.35. The highest BCUT2D eigenvalue weighted by molar-refractivity contribution is 6.32. The van der Waals surface area contributed by atoms with E-state index in [9.17, 15) is 9.18 Å². The fourth-order valence-corrected chi connectivity index (χ4v) is 2.85. The second-order valence-electron chi connectivity index (χ2n) is 6.17. The van der Waals surface area contributed by atoms with E-state index in [-0.39, 0.29) is 18.3 Å². The molecular weight excluding hydrogens is 369 g/mol. The minimum Gasteiger partial charge on any atom is -0.482 e. The molecule has 0 radical (unpaired) electrons. The van der Waals surface area contributed by atoms with Crippen LogP contribution in [0.1, 0.15) is 23.0 Å². The lowest BCUT2D eigenvalue weighted by atomic mass is 10.1. The van der Waals surface area contributed by atoms with Crippen LogP contribution in [-0.2, 0) is 11.8 Å². The highest BCUT2D eigenvalue weighted by atomic mass is 35.5. The SMILES string of the molecule is Cc1ccc(Cl)c(OCC(=O)N[C@H](c2ccc(F)cc2)c2nccn2C)c1. The van der Waals surface area contributed by atoms with E-state index in [2.05, 4.69) is 10.3 Å². The maximum absolute atomic E-state index is 13.3. The zero-order valence-corrected chi connectivity index (χ0v) is 15.7. The van der Waals surface area contributed by atoms with Gasteiger partial charge in [0.25, 0.3) is 5.91 Å². The first-order chi connectivity index (χ1) is 12.9. The third-order valence-corrected chi connectivity index (χ3v) is 4.38. The van der Waals surface area contributed by atoms with E-state index in [1.165, 1.54) is 12.1 Å². The van der Waals surface area contributed by atoms with Crippen molar-refractivity contribution < 1.29 is 13.9 Å². The van der Waals surface area contributed by atoms with E-state index < -0.39 is 6.04 Å². The van der Waals surface area contributed by atoms with Gasteiger partial charge in [0.05, 0.1) is 5.02 Å². The second kappa shape index (κ2) is 8.22. The fraction of sp³-hybridized carbons (Fsp3) is 0.200. The van der Waals surface area contributed by atoms with Gasteiger partial charge in [-0.05, 0) is 42.3 Å². The third-order valence-electron chi connectivity index (χ3n) is 4.07. The van der Waals surface area contributed by atoms with Crippen LogP contribution in [0.3, 0.4) is 0 Å². The molecule has 5 nitrogen and oxygen atoms in total. The van der Waals surface area contributed by atoms with Crippen molar-refractivity contribution in [2.24, 2.45) is 7.05 Å². The Bertz CT molecular complexity index is 941. The van der Waals surface area contributed by atoms with Gasteiger partial charge < -0.3 is 14.6 Å². The minimum absolute atomic E-state index is 0.203. The number of nitrogens with zero attached hydrogens (tertiary/aromatic N) is 2. The van der Waals surface area contributed by atoms with Crippen LogP contribution in [0.25, 0.3) is 0 Å². The second-order valence-corrected chi connectivity index (χ2v) is 6.58. The Morgan fingerprint density at radius 1 is 1.30 bits per heavy atom. The highest BCUT2D eigenvalue weighted by Gasteiger charge is 2.21. The average molecular weight is 388 g/mol. The number of benzene rings is 2. The lowest BCUT2D eigenvalue weighted by molar-refractivity contribution is -0.123. The van der Waals surface area contributed by atoms with E-state index in [0.29, 0.717) is 22.2 Å². The lowest BCUT2D eigenvalue weighted by Gasteiger charge is -2.19. The normalized spacial score (nSPS) is 11.9. The molecule has 7 heteroatoms. The zero-order valence-electron chi connectivity index (χ0n) is 14.9. The van der Waals surface area contributed by atoms with Crippen molar-refractivity contribution in [3.63, 3.8) is 0 Å². The van der Waals surface area contributed by atoms with Crippen LogP contribution < -0.4 is 10.1 Å². The van der Waals surface area contributed by atoms with Crippen molar-refractivity contribution >= 4 is 17.5 Å². The smallest absolute Gasteiger partial charge is 0.258 e. The average Bonchev–Trinajstić information content (AvgIpc) is 3.07. The van der Waals surface area contributed by atoms with Crippen molar-refractivity contribution in [2.75, 3.05) is 6.61 Å². The number of ether oxygens (including phenoxy) is 1. The first-order valence-corrected chi connectivity index (χ1v) is 8.73. The number of nitrogens with one attached hydrogen (secondary N) is 1. The Morgan fingerprint density at radius 2 is 2.04 bits per heavy atom. The number of halogens is 2. The molecule has 1 N–H and O–H groups in total. The molecule has 0 saturated carbocycles. The molecule has 1 atom stereocenters. The molecule has 1 amide bonds. The topological polar surface area (TPSA) is 56.1 Å². The summed E-state index contributed by atoms with van der Waals surface area (Å²) in [5.41, 5.74) is 1.69. The largest absolute Gasteiger partial charge is 0.482 e. The van der Waals surface area contributed by atoms with Crippen molar-refractivity contribution in [2.45, 2.75) is 13.0 Å². The van der Waals surface area contributed by atoms with Gasteiger partial charge >= 0.3 is 0 Å². The molecule has 3 aromatic rings. The summed E-state index contributed by atoms with van der Waals surface area (Å²) in [6, 6.07) is 10.8. The molecule has 1 heterocycles. The Labute approximate surface area is 161 Å². The minimum atomic E-state index is -0.533. The molecular formula is C20H19ClFN3O2. The molecule has 3 rings (SSSR count). The van der Waals surface area contributed by atoms with Crippen LogP contribution in [0, 0.1) is 12.7 Å². The van der Waals surface area contributed by atoms with Crippen LogP contribution in [0.5, 0.6) is 5.75 Å². The van der Waals surface area contributed by atoms with E-state index in [0.717, 1.165) is 5.56 Å². The Hall–Kier alpha value is -2.86. The lowest BCUT2D eigenvalue weighted by Crippen LogP contribution is -2.34. The van der Waals surface area contributed by atoms with Gasteiger partial charge in [0.1, 0.15) is 23.4 Å².